The maximum atomic E-state index is 13.5. The number of benzene rings is 7. The summed E-state index contributed by atoms with van der Waals surface area (Å²) < 4.78 is 6.16. The molecule has 2 aliphatic carbocycles. The fourth-order valence-corrected chi connectivity index (χ4v) is 12.2. The molecule has 2 aliphatic heterocycles. The van der Waals surface area contributed by atoms with Crippen molar-refractivity contribution in [2.24, 2.45) is 4.99 Å². The molecule has 17 heteroatoms. The number of isocyanates is 1. The first-order chi connectivity index (χ1) is 39.6. The van der Waals surface area contributed by atoms with Crippen LogP contribution in [0, 0.1) is 20.8 Å². The highest BCUT2D eigenvalue weighted by Crippen LogP contribution is 2.55. The van der Waals surface area contributed by atoms with E-state index in [4.69, 9.17) is 10.5 Å². The third-order valence-electron chi connectivity index (χ3n) is 16.5. The molecule has 4 aliphatic rings. The summed E-state index contributed by atoms with van der Waals surface area (Å²) in [4.78, 5) is 44.8. The van der Waals surface area contributed by atoms with Gasteiger partial charge in [0, 0.05) is 64.5 Å². The molecule has 0 saturated carbocycles. The normalized spacial score (nSPS) is 15.4. The van der Waals surface area contributed by atoms with Crippen LogP contribution in [0.1, 0.15) is 101 Å². The molecule has 82 heavy (non-hydrogen) atoms. The number of urea groups is 1. The highest BCUT2D eigenvalue weighted by molar-refractivity contribution is 6.03. The molecule has 11 rings (SSSR count). The van der Waals surface area contributed by atoms with Crippen LogP contribution in [0.3, 0.4) is 0 Å². The van der Waals surface area contributed by atoms with Crippen LogP contribution in [0.5, 0.6) is 11.5 Å². The van der Waals surface area contributed by atoms with Crippen molar-refractivity contribution in [1.82, 2.24) is 9.80 Å². The molecule has 2 heterocycles. The van der Waals surface area contributed by atoms with Gasteiger partial charge in [-0.3, -0.25) is 14.6 Å². The van der Waals surface area contributed by atoms with E-state index in [1.54, 1.807) is 18.2 Å². The number of aliphatic imine (C=N–C) groups is 1. The number of phenols is 1. The number of aliphatic hydroxyl groups excluding tert-OH is 6. The van der Waals surface area contributed by atoms with Crippen LogP contribution in [0.2, 0.25) is 0 Å². The van der Waals surface area contributed by atoms with Crippen molar-refractivity contribution in [2.75, 3.05) is 43.6 Å². The number of carbonyl (C=O) groups is 2. The van der Waals surface area contributed by atoms with E-state index in [1.165, 1.54) is 6.08 Å². The van der Waals surface area contributed by atoms with E-state index in [1.807, 2.05) is 107 Å². The minimum atomic E-state index is -0.499. The van der Waals surface area contributed by atoms with Gasteiger partial charge in [0.15, 0.2) is 0 Å². The number of likely N-dealkylation sites (N-methyl/N-ethyl adjacent to an activating group) is 2. The molecule has 0 fully saturated rings. The van der Waals surface area contributed by atoms with Crippen molar-refractivity contribution in [1.29, 1.82) is 0 Å². The number of hydrogen-bond donors (Lipinski definition) is 10. The zero-order valence-corrected chi connectivity index (χ0v) is 46.8. The molecule has 0 aromatic heterocycles. The van der Waals surface area contributed by atoms with E-state index in [9.17, 15) is 50.1 Å². The molecule has 0 bridgehead atoms. The average molecular weight is 1110 g/mol. The molecule has 426 valence electrons. The number of carbonyl (C=O) groups excluding carboxylic acids is 3. The predicted molar refractivity (Wildman–Crippen MR) is 314 cm³/mol. The van der Waals surface area contributed by atoms with Gasteiger partial charge in [0.1, 0.15) is 11.5 Å². The Balaban J connectivity index is 0.000000187. The molecule has 17 nitrogen and oxygen atoms in total. The van der Waals surface area contributed by atoms with E-state index in [0.717, 1.165) is 87.1 Å². The van der Waals surface area contributed by atoms with Gasteiger partial charge in [0.05, 0.1) is 51.7 Å². The lowest BCUT2D eigenvalue weighted by molar-refractivity contribution is -0.133. The van der Waals surface area contributed by atoms with E-state index in [0.29, 0.717) is 85.7 Å². The number of ether oxygens (including phenoxy) is 1. The quantitative estimate of drug-likeness (QED) is 0.0137. The topological polar surface area (TPSA) is 271 Å². The third kappa shape index (κ3) is 11.4. The second kappa shape index (κ2) is 25.4. The summed E-state index contributed by atoms with van der Waals surface area (Å²) in [6.45, 7) is 5.59. The van der Waals surface area contributed by atoms with Gasteiger partial charge in [-0.25, -0.2) is 9.59 Å². The minimum Gasteiger partial charge on any atom is -0.507 e. The number of nitrogens with two attached hydrogens (primary N) is 1. The van der Waals surface area contributed by atoms with E-state index < -0.39 is 18.6 Å². The first kappa shape index (κ1) is 58.6. The average Bonchev–Trinajstić information content (AvgIpc) is 1.22. The van der Waals surface area contributed by atoms with Crippen LogP contribution in [-0.2, 0) is 81.3 Å². The molecule has 7 aromatic rings. The molecule has 0 saturated heterocycles. The number of para-hydroxylation sites is 2. The standard InChI is InChI=1S/C37H39N3O6.C20H24N2O4.C8H7NO/c1-21-8-4-6-10-23(21)16-32(44)46-36-26(19-42)15-30(39-37(45)38-29-11-7-5-9-22(29)2)27-17-31-33-24(12-13-40(31)3)14-25(18-41)28(20-43)34(33)35(27)36;1-22-3-2-10-4-11(7-23)14(9-25)18-17(10)16(22)6-13-15(21)5-12(8-24)20(26)19(13)18;1-7-4-2-3-5-8(7)9-6-10/h4-11,14-15,31,41-43H,12-13,16-20H2,1-3H3,(H2,38,39,45);4-5,16,23-26H,2-3,6-9,21H2,1H3;2-5H,1H3. The lowest BCUT2D eigenvalue weighted by Gasteiger charge is -2.42. The number of esters is 1. The maximum absolute atomic E-state index is 13.5. The number of fused-ring (bicyclic) bond motifs is 4. The number of aryl methyl sites for hydroxylation is 3. The highest BCUT2D eigenvalue weighted by Gasteiger charge is 2.40. The second-order valence-corrected chi connectivity index (χ2v) is 21.3. The Morgan fingerprint density at radius 3 is 1.68 bits per heavy atom. The number of nitrogen functional groups attached to an aromatic ring is 1. The number of amides is 2. The van der Waals surface area contributed by atoms with Crippen molar-refractivity contribution >= 4 is 40.8 Å². The SMILES string of the molecule is CN1CCc2cc(CO)c(CO)c3c2C1Cc1c(N)cc(CO)c(O)c1-3.Cc1ccccc1CC(=O)Oc1c(CO)cc(NC(=O)Nc2ccccc2C)c2c1-c1c(CO)c(CO)cc3c1C(C2)N(C)CC3.Cc1ccccc1N=C=O. The second-order valence-electron chi connectivity index (χ2n) is 21.3. The first-order valence-electron chi connectivity index (χ1n) is 27.3. The third-order valence-corrected chi connectivity index (χ3v) is 16.5. The number of anilines is 3. The predicted octanol–water partition coefficient (Wildman–Crippen LogP) is 8.49. The Hall–Kier alpha value is -8.06. The van der Waals surface area contributed by atoms with Crippen LogP contribution in [-0.4, -0.2) is 90.8 Å². The monoisotopic (exact) mass is 1110 g/mol. The van der Waals surface area contributed by atoms with Gasteiger partial charge < -0.3 is 56.8 Å². The fourth-order valence-electron chi connectivity index (χ4n) is 12.2. The van der Waals surface area contributed by atoms with Crippen LogP contribution in [0.4, 0.5) is 27.5 Å². The number of hydrogen-bond acceptors (Lipinski definition) is 15. The largest absolute Gasteiger partial charge is 0.507 e. The van der Waals surface area contributed by atoms with Gasteiger partial charge in [-0.05, 0) is 174 Å². The molecular formula is C65H70N6O11. The van der Waals surface area contributed by atoms with Gasteiger partial charge in [-0.15, -0.1) is 0 Å². The number of aliphatic hydroxyl groups is 6. The van der Waals surface area contributed by atoms with Crippen LogP contribution in [0.25, 0.3) is 22.3 Å². The molecule has 11 N–H and O–H groups in total. The van der Waals surface area contributed by atoms with Crippen molar-refractivity contribution in [3.63, 3.8) is 0 Å². The molecule has 2 amide bonds. The smallest absolute Gasteiger partial charge is 0.323 e. The van der Waals surface area contributed by atoms with Crippen molar-refractivity contribution in [3.05, 3.63) is 186 Å². The zero-order chi connectivity index (χ0) is 58.5. The summed E-state index contributed by atoms with van der Waals surface area (Å²) in [5.74, 6) is -0.295. The van der Waals surface area contributed by atoms with Gasteiger partial charge in [-0.1, -0.05) is 72.8 Å². The summed E-state index contributed by atoms with van der Waals surface area (Å²) >= 11 is 0. The summed E-state index contributed by atoms with van der Waals surface area (Å²) in [5.41, 5.74) is 23.8. The molecule has 2 atom stereocenters. The lowest BCUT2D eigenvalue weighted by atomic mass is 9.73. The molecule has 2 unspecified atom stereocenters. The fraction of sp³-hybridized carbons (Fsp3) is 0.308. The van der Waals surface area contributed by atoms with Crippen LogP contribution in [0.15, 0.2) is 102 Å². The zero-order valence-electron chi connectivity index (χ0n) is 46.8. The number of aromatic hydroxyl groups is 1. The van der Waals surface area contributed by atoms with Gasteiger partial charge in [-0.2, -0.15) is 4.99 Å². The number of nitrogens with zero attached hydrogens (tertiary/aromatic N) is 3. The van der Waals surface area contributed by atoms with Crippen molar-refractivity contribution in [2.45, 2.75) is 105 Å². The summed E-state index contributed by atoms with van der Waals surface area (Å²) in [6, 6.07) is 29.3. The summed E-state index contributed by atoms with van der Waals surface area (Å²) in [5, 5.41) is 78.1. The van der Waals surface area contributed by atoms with E-state index in [2.05, 4.69) is 32.5 Å². The molecule has 7 aromatic carbocycles. The lowest BCUT2D eigenvalue weighted by Crippen LogP contribution is -2.37. The van der Waals surface area contributed by atoms with E-state index in [-0.39, 0.29) is 63.0 Å². The Bertz CT molecular complexity index is 3650. The number of nitrogens with one attached hydrogen (secondary N) is 2. The van der Waals surface area contributed by atoms with Crippen molar-refractivity contribution in [3.8, 4) is 33.8 Å². The Kier molecular flexibility index (Phi) is 18.1. The Morgan fingerprint density at radius 1 is 0.610 bits per heavy atom. The van der Waals surface area contributed by atoms with Gasteiger partial charge >= 0.3 is 12.0 Å². The molecule has 0 radical (unpaired) electrons. The van der Waals surface area contributed by atoms with Crippen LogP contribution >= 0.6 is 0 Å². The Morgan fingerprint density at radius 2 is 1.13 bits per heavy atom. The summed E-state index contributed by atoms with van der Waals surface area (Å²) in [6.07, 6.45) is 4.27. The Labute approximate surface area is 476 Å². The molecular weight excluding hydrogens is 1040 g/mol. The van der Waals surface area contributed by atoms with Crippen LogP contribution < -0.4 is 21.1 Å². The first-order valence-corrected chi connectivity index (χ1v) is 27.3. The highest BCUT2D eigenvalue weighted by atomic mass is 16.5. The maximum Gasteiger partial charge on any atom is 0.323 e. The van der Waals surface area contributed by atoms with Gasteiger partial charge in [0.2, 0.25) is 6.08 Å². The van der Waals surface area contributed by atoms with E-state index >= 15 is 0 Å². The minimum absolute atomic E-state index is 0.00960. The van der Waals surface area contributed by atoms with Crippen molar-refractivity contribution < 1.29 is 54.9 Å². The van der Waals surface area contributed by atoms with Gasteiger partial charge in [0.25, 0.3) is 0 Å². The number of rotatable bonds is 12. The summed E-state index contributed by atoms with van der Waals surface area (Å²) in [7, 11) is 4.11. The molecule has 0 spiro atoms.